The Balaban J connectivity index is 2.31. The van der Waals surface area contributed by atoms with Gasteiger partial charge in [-0.05, 0) is 36.5 Å². The molecule has 0 saturated carbocycles. The normalized spacial score (nSPS) is 24.3. The third-order valence-corrected chi connectivity index (χ3v) is 6.84. The quantitative estimate of drug-likeness (QED) is 0.367. The second-order valence-corrected chi connectivity index (χ2v) is 10.9. The van der Waals surface area contributed by atoms with Gasteiger partial charge < -0.3 is 26.6 Å². The van der Waals surface area contributed by atoms with Gasteiger partial charge in [-0.2, -0.15) is 13.2 Å². The summed E-state index contributed by atoms with van der Waals surface area (Å²) in [7, 11) is 0. The number of nitrogens with two attached hydrogens (primary N) is 1. The van der Waals surface area contributed by atoms with Crippen molar-refractivity contribution in [1.29, 1.82) is 0 Å². The van der Waals surface area contributed by atoms with Crippen molar-refractivity contribution in [3.05, 3.63) is 0 Å². The molecule has 5 atom stereocenters. The number of carbonyl (C=O) groups is 5. The van der Waals surface area contributed by atoms with Crippen molar-refractivity contribution in [3.8, 4) is 0 Å². The average Bonchev–Trinajstić information content (AvgIpc) is 3.35. The molecule has 36 heavy (non-hydrogen) atoms. The van der Waals surface area contributed by atoms with Gasteiger partial charge in [-0.15, -0.1) is 0 Å². The summed E-state index contributed by atoms with van der Waals surface area (Å²) < 4.78 is 38.9. The first-order chi connectivity index (χ1) is 16.4. The van der Waals surface area contributed by atoms with Gasteiger partial charge in [0.1, 0.15) is 18.1 Å². The molecule has 0 bridgehead atoms. The Kier molecular flexibility index (Phi) is 9.00. The van der Waals surface area contributed by atoms with Crippen LogP contribution in [0, 0.1) is 23.2 Å². The van der Waals surface area contributed by atoms with Crippen LogP contribution >= 0.6 is 0 Å². The third kappa shape index (κ3) is 6.88. The molecule has 2 fully saturated rings. The van der Waals surface area contributed by atoms with Gasteiger partial charge in [0.25, 0.3) is 0 Å². The van der Waals surface area contributed by atoms with Gasteiger partial charge in [0, 0.05) is 19.0 Å². The van der Waals surface area contributed by atoms with Crippen molar-refractivity contribution in [2.45, 2.75) is 78.2 Å². The number of amides is 5. The van der Waals surface area contributed by atoms with E-state index >= 15 is 0 Å². The summed E-state index contributed by atoms with van der Waals surface area (Å²) in [5, 5.41) is 7.00. The molecule has 2 saturated heterocycles. The number of likely N-dealkylation sites (tertiary alicyclic amines) is 1. The monoisotopic (exact) mass is 519 g/mol. The summed E-state index contributed by atoms with van der Waals surface area (Å²) in [5.41, 5.74) is 4.38. The van der Waals surface area contributed by atoms with Gasteiger partial charge in [0.2, 0.25) is 23.6 Å². The molecule has 0 aromatic carbocycles. The molecule has 0 aliphatic carbocycles. The summed E-state index contributed by atoms with van der Waals surface area (Å²) in [6.07, 6.45) is -4.31. The van der Waals surface area contributed by atoms with Crippen LogP contribution in [0.2, 0.25) is 0 Å². The summed E-state index contributed by atoms with van der Waals surface area (Å²) in [6, 6.07) is -3.81. The molecule has 2 rings (SSSR count). The second kappa shape index (κ2) is 11.0. The Morgan fingerprint density at radius 2 is 1.72 bits per heavy atom. The topological polar surface area (TPSA) is 151 Å². The van der Waals surface area contributed by atoms with Crippen molar-refractivity contribution in [3.63, 3.8) is 0 Å². The summed E-state index contributed by atoms with van der Waals surface area (Å²) in [5.74, 6) is -5.79. The summed E-state index contributed by atoms with van der Waals surface area (Å²) in [6.45, 7) is 8.74. The Hall–Kier alpha value is -2.86. The molecule has 4 unspecified atom stereocenters. The van der Waals surface area contributed by atoms with E-state index in [9.17, 15) is 37.1 Å². The van der Waals surface area contributed by atoms with E-state index < -0.39 is 59.3 Å². The summed E-state index contributed by atoms with van der Waals surface area (Å²) >= 11 is 0. The molecule has 2 aliphatic heterocycles. The van der Waals surface area contributed by atoms with Crippen molar-refractivity contribution in [1.82, 2.24) is 20.9 Å². The van der Waals surface area contributed by atoms with E-state index in [1.165, 1.54) is 25.7 Å². The van der Waals surface area contributed by atoms with Crippen molar-refractivity contribution in [2.75, 3.05) is 13.1 Å². The molecule has 0 spiro atoms. The number of nitrogens with one attached hydrogen (secondary N) is 3. The van der Waals surface area contributed by atoms with Gasteiger partial charge in [-0.25, -0.2) is 0 Å². The third-order valence-electron chi connectivity index (χ3n) is 6.84. The van der Waals surface area contributed by atoms with Gasteiger partial charge >= 0.3 is 12.1 Å². The van der Waals surface area contributed by atoms with E-state index in [-0.39, 0.29) is 30.7 Å². The highest BCUT2D eigenvalue weighted by Crippen LogP contribution is 2.34. The maximum Gasteiger partial charge on any atom is 0.471 e. The van der Waals surface area contributed by atoms with E-state index in [1.807, 2.05) is 13.8 Å². The zero-order valence-electron chi connectivity index (χ0n) is 21.2. The molecule has 5 amide bonds. The molecule has 0 radical (unpaired) electrons. The molecule has 204 valence electrons. The molecule has 2 heterocycles. The van der Waals surface area contributed by atoms with Gasteiger partial charge in [0.15, 0.2) is 0 Å². The number of carbonyl (C=O) groups excluding carboxylic acids is 5. The Bertz CT molecular complexity index is 886. The van der Waals surface area contributed by atoms with E-state index in [0.29, 0.717) is 19.4 Å². The first kappa shape index (κ1) is 29.4. The highest BCUT2D eigenvalue weighted by molar-refractivity contribution is 5.95. The van der Waals surface area contributed by atoms with E-state index in [1.54, 1.807) is 5.32 Å². The predicted octanol–water partition coefficient (Wildman–Crippen LogP) is 0.449. The van der Waals surface area contributed by atoms with Crippen LogP contribution in [0.3, 0.4) is 0 Å². The van der Waals surface area contributed by atoms with E-state index in [0.717, 1.165) is 0 Å². The molecule has 10 nitrogen and oxygen atoms in total. The first-order valence-electron chi connectivity index (χ1n) is 12.0. The number of primary amides is 1. The molecule has 0 aromatic rings. The lowest BCUT2D eigenvalue weighted by atomic mass is 9.84. The lowest BCUT2D eigenvalue weighted by Gasteiger charge is -2.37. The van der Waals surface area contributed by atoms with Crippen molar-refractivity contribution in [2.24, 2.45) is 28.9 Å². The number of halogens is 3. The lowest BCUT2D eigenvalue weighted by Crippen LogP contribution is -2.61. The fourth-order valence-corrected chi connectivity index (χ4v) is 4.78. The Morgan fingerprint density at radius 3 is 2.17 bits per heavy atom. The highest BCUT2D eigenvalue weighted by atomic mass is 19.4. The van der Waals surface area contributed by atoms with Crippen LogP contribution in [-0.4, -0.2) is 71.8 Å². The van der Waals surface area contributed by atoms with Crippen LogP contribution in [0.1, 0.15) is 53.9 Å². The molecule has 0 aromatic heterocycles. The minimum atomic E-state index is -5.19. The van der Waals surface area contributed by atoms with Gasteiger partial charge in [-0.3, -0.25) is 24.0 Å². The minimum absolute atomic E-state index is 0.00776. The fraction of sp³-hybridized carbons (Fsp3) is 0.783. The van der Waals surface area contributed by atoms with E-state index in [2.05, 4.69) is 10.6 Å². The highest BCUT2D eigenvalue weighted by Gasteiger charge is 2.49. The standard InChI is InChI=1S/C23H36F3N5O5/c1-11(2)13-7-9-31(20(35)16(22(3,4)5)30-21(36)23(24,25)26)15(13)19(34)29-14(17(27)32)10-12-6-8-28-18(12)33/h11-16H,6-10H2,1-5H3,(H2,27,32)(H,28,33)(H,29,34)(H,30,36)/t12-,13?,14?,15?,16?/m0/s1. The molecular weight excluding hydrogens is 483 g/mol. The van der Waals surface area contributed by atoms with Crippen LogP contribution in [0.25, 0.3) is 0 Å². The molecular formula is C23H36F3N5O5. The molecule has 13 heteroatoms. The Labute approximate surface area is 208 Å². The number of rotatable bonds is 8. The first-order valence-corrected chi connectivity index (χ1v) is 12.0. The fourth-order valence-electron chi connectivity index (χ4n) is 4.78. The Morgan fingerprint density at radius 1 is 1.11 bits per heavy atom. The number of hydrogen-bond acceptors (Lipinski definition) is 5. The number of hydrogen-bond donors (Lipinski definition) is 4. The zero-order chi connectivity index (χ0) is 27.6. The average molecular weight is 520 g/mol. The largest absolute Gasteiger partial charge is 0.471 e. The van der Waals surface area contributed by atoms with Crippen LogP contribution in [0.15, 0.2) is 0 Å². The SMILES string of the molecule is CC(C)C1CCN(C(=O)C(NC(=O)C(F)(F)F)C(C)(C)C)C1C(=O)NC(C[C@@H]1CCNC1=O)C(N)=O. The minimum Gasteiger partial charge on any atom is -0.368 e. The maximum absolute atomic E-state index is 13.5. The van der Waals surface area contributed by atoms with Crippen LogP contribution in [0.4, 0.5) is 13.2 Å². The second-order valence-electron chi connectivity index (χ2n) is 10.9. The van der Waals surface area contributed by atoms with Crippen LogP contribution in [-0.2, 0) is 24.0 Å². The number of nitrogens with zero attached hydrogens (tertiary/aromatic N) is 1. The van der Waals surface area contributed by atoms with Crippen LogP contribution in [0.5, 0.6) is 0 Å². The lowest BCUT2D eigenvalue weighted by molar-refractivity contribution is -0.176. The van der Waals surface area contributed by atoms with Crippen LogP contribution < -0.4 is 21.7 Å². The zero-order valence-corrected chi connectivity index (χ0v) is 21.2. The molecule has 2 aliphatic rings. The van der Waals surface area contributed by atoms with Gasteiger partial charge in [-0.1, -0.05) is 34.6 Å². The predicted molar refractivity (Wildman–Crippen MR) is 123 cm³/mol. The van der Waals surface area contributed by atoms with Crippen molar-refractivity contribution < 1.29 is 37.1 Å². The van der Waals surface area contributed by atoms with Gasteiger partial charge in [0.05, 0.1) is 0 Å². The van der Waals surface area contributed by atoms with Crippen molar-refractivity contribution >= 4 is 29.5 Å². The summed E-state index contributed by atoms with van der Waals surface area (Å²) in [4.78, 5) is 63.8. The maximum atomic E-state index is 13.5. The molecule has 5 N–H and O–H groups in total. The van der Waals surface area contributed by atoms with E-state index in [4.69, 9.17) is 5.73 Å². The smallest absolute Gasteiger partial charge is 0.368 e. The number of alkyl halides is 3.